The minimum atomic E-state index is -1.05. The lowest BCUT2D eigenvalue weighted by molar-refractivity contribution is -0.138. The number of esters is 1. The van der Waals surface area contributed by atoms with E-state index in [-0.39, 0.29) is 5.75 Å². The Morgan fingerprint density at radius 2 is 2.29 bits per heavy atom. The van der Waals surface area contributed by atoms with Gasteiger partial charge < -0.3 is 15.6 Å². The summed E-state index contributed by atoms with van der Waals surface area (Å²) in [5.74, 6) is -1.27. The van der Waals surface area contributed by atoms with Crippen molar-refractivity contribution in [1.82, 2.24) is 0 Å². The number of thioether (sulfide) groups is 1. The van der Waals surface area contributed by atoms with Crippen molar-refractivity contribution in [3.63, 3.8) is 0 Å². The number of aliphatic carboxylic acids is 1. The summed E-state index contributed by atoms with van der Waals surface area (Å²) in [6.45, 7) is 2.03. The third kappa shape index (κ3) is 6.50. The summed E-state index contributed by atoms with van der Waals surface area (Å²) in [7, 11) is 0. The number of carboxylic acids is 1. The molecule has 0 aliphatic heterocycles. The van der Waals surface area contributed by atoms with E-state index in [9.17, 15) is 9.59 Å². The molecule has 0 saturated heterocycles. The van der Waals surface area contributed by atoms with E-state index in [0.717, 1.165) is 11.8 Å². The fourth-order valence-corrected chi connectivity index (χ4v) is 1.19. The molecule has 5 nitrogen and oxygen atoms in total. The number of ether oxygens (including phenoxy) is 1. The Hall–Kier alpha value is -1.01. The van der Waals surface area contributed by atoms with Gasteiger partial charge >= 0.3 is 11.9 Å². The van der Waals surface area contributed by atoms with Crippen LogP contribution in [-0.2, 0) is 14.3 Å². The molecule has 6 heteroatoms. The molecule has 1 unspecified atom stereocenters. The zero-order valence-corrected chi connectivity index (χ0v) is 8.62. The Kier molecular flexibility index (Phi) is 6.87. The molecule has 14 heavy (non-hydrogen) atoms. The number of carbonyl (C=O) groups is 2. The second-order valence-electron chi connectivity index (χ2n) is 2.33. The Morgan fingerprint density at radius 1 is 1.64 bits per heavy atom. The molecular formula is C8H13NO4S. The average molecular weight is 219 g/mol. The number of nitrogens with two attached hydrogens (primary N) is 1. The number of hydrogen-bond acceptors (Lipinski definition) is 5. The minimum Gasteiger partial charge on any atom is -0.480 e. The van der Waals surface area contributed by atoms with Crippen LogP contribution in [0.2, 0.25) is 0 Å². The van der Waals surface area contributed by atoms with Crippen LogP contribution in [0.1, 0.15) is 6.92 Å². The molecule has 0 heterocycles. The van der Waals surface area contributed by atoms with E-state index in [2.05, 4.69) is 4.74 Å². The first-order valence-corrected chi connectivity index (χ1v) is 5.06. The molecule has 0 aromatic carbocycles. The summed E-state index contributed by atoms with van der Waals surface area (Å²) < 4.78 is 4.61. The molecular weight excluding hydrogens is 206 g/mol. The van der Waals surface area contributed by atoms with E-state index in [1.807, 2.05) is 0 Å². The normalized spacial score (nSPS) is 12.7. The van der Waals surface area contributed by atoms with Crippen molar-refractivity contribution in [2.75, 3.05) is 12.4 Å². The number of hydrogen-bond donors (Lipinski definition) is 2. The Bertz CT molecular complexity index is 229. The van der Waals surface area contributed by atoms with Gasteiger partial charge in [0.15, 0.2) is 0 Å². The molecule has 0 amide bonds. The van der Waals surface area contributed by atoms with Gasteiger partial charge in [0, 0.05) is 11.8 Å². The average Bonchev–Trinajstić information content (AvgIpc) is 2.12. The van der Waals surface area contributed by atoms with Crippen molar-refractivity contribution in [2.45, 2.75) is 13.0 Å². The molecule has 0 aliphatic rings. The van der Waals surface area contributed by atoms with E-state index < -0.39 is 18.0 Å². The summed E-state index contributed by atoms with van der Waals surface area (Å²) in [5.41, 5.74) is 5.22. The lowest BCUT2D eigenvalue weighted by Crippen LogP contribution is -2.32. The highest BCUT2D eigenvalue weighted by Gasteiger charge is 2.09. The highest BCUT2D eigenvalue weighted by Crippen LogP contribution is 2.03. The number of carbonyl (C=O) groups excluding carboxylic acids is 1. The number of rotatable bonds is 6. The third-order valence-electron chi connectivity index (χ3n) is 1.18. The van der Waals surface area contributed by atoms with E-state index in [1.165, 1.54) is 11.5 Å². The van der Waals surface area contributed by atoms with Crippen molar-refractivity contribution in [3.8, 4) is 0 Å². The van der Waals surface area contributed by atoms with Crippen molar-refractivity contribution in [1.29, 1.82) is 0 Å². The smallest absolute Gasteiger partial charge is 0.331 e. The summed E-state index contributed by atoms with van der Waals surface area (Å²) >= 11 is 1.16. The first-order valence-electron chi connectivity index (χ1n) is 4.01. The molecule has 0 radical (unpaired) electrons. The molecule has 0 aromatic rings. The molecule has 0 bridgehead atoms. The van der Waals surface area contributed by atoms with Crippen LogP contribution in [0.3, 0.4) is 0 Å². The maximum atomic E-state index is 10.8. The van der Waals surface area contributed by atoms with Crippen LogP contribution in [0, 0.1) is 0 Å². The van der Waals surface area contributed by atoms with Gasteiger partial charge in [0.05, 0.1) is 6.61 Å². The van der Waals surface area contributed by atoms with Crippen molar-refractivity contribution < 1.29 is 19.4 Å². The van der Waals surface area contributed by atoms with Gasteiger partial charge in [-0.05, 0) is 12.3 Å². The topological polar surface area (TPSA) is 89.6 Å². The fourth-order valence-electron chi connectivity index (χ4n) is 0.525. The van der Waals surface area contributed by atoms with E-state index in [1.54, 1.807) is 6.92 Å². The van der Waals surface area contributed by atoms with Crippen LogP contribution < -0.4 is 5.73 Å². The molecule has 0 saturated carbocycles. The van der Waals surface area contributed by atoms with Crippen LogP contribution >= 0.6 is 11.8 Å². The van der Waals surface area contributed by atoms with E-state index in [0.29, 0.717) is 6.61 Å². The predicted molar refractivity (Wildman–Crippen MR) is 53.8 cm³/mol. The Morgan fingerprint density at radius 3 is 2.79 bits per heavy atom. The maximum Gasteiger partial charge on any atom is 0.331 e. The second kappa shape index (κ2) is 7.40. The summed E-state index contributed by atoms with van der Waals surface area (Å²) in [6.07, 6.45) is 1.24. The predicted octanol–water partition coefficient (Wildman–Crippen LogP) is 0.208. The molecule has 80 valence electrons. The van der Waals surface area contributed by atoms with E-state index in [4.69, 9.17) is 10.8 Å². The summed E-state index contributed by atoms with van der Waals surface area (Å²) in [5, 5.41) is 9.89. The van der Waals surface area contributed by atoms with Gasteiger partial charge in [-0.15, -0.1) is 11.8 Å². The van der Waals surface area contributed by atoms with Gasteiger partial charge in [0.1, 0.15) is 6.04 Å². The highest BCUT2D eigenvalue weighted by atomic mass is 32.2. The van der Waals surface area contributed by atoms with Crippen molar-refractivity contribution in [2.24, 2.45) is 5.73 Å². The third-order valence-corrected chi connectivity index (χ3v) is 2.06. The largest absolute Gasteiger partial charge is 0.480 e. The van der Waals surface area contributed by atoms with Gasteiger partial charge in [-0.1, -0.05) is 0 Å². The van der Waals surface area contributed by atoms with Crippen LogP contribution in [0.15, 0.2) is 11.5 Å². The Labute approximate surface area is 86.3 Å². The number of carboxylic acid groups (broad SMARTS) is 1. The molecule has 0 fully saturated rings. The van der Waals surface area contributed by atoms with Gasteiger partial charge in [-0.25, -0.2) is 4.79 Å². The lowest BCUT2D eigenvalue weighted by atomic mass is 10.4. The maximum absolute atomic E-state index is 10.8. The van der Waals surface area contributed by atoms with Gasteiger partial charge in [0.25, 0.3) is 0 Å². The van der Waals surface area contributed by atoms with Crippen LogP contribution in [-0.4, -0.2) is 35.4 Å². The lowest BCUT2D eigenvalue weighted by Gasteiger charge is -2.01. The second-order valence-corrected chi connectivity index (χ2v) is 3.27. The zero-order valence-electron chi connectivity index (χ0n) is 7.80. The summed E-state index contributed by atoms with van der Waals surface area (Å²) in [6, 6.07) is -0.910. The molecule has 0 rings (SSSR count). The van der Waals surface area contributed by atoms with Crippen molar-refractivity contribution in [3.05, 3.63) is 11.5 Å². The van der Waals surface area contributed by atoms with Gasteiger partial charge in [0.2, 0.25) is 0 Å². The SMILES string of the molecule is CCOC(=O)C=CSCC(N)C(=O)O. The van der Waals surface area contributed by atoms with Crippen molar-refractivity contribution >= 4 is 23.7 Å². The van der Waals surface area contributed by atoms with Gasteiger partial charge in [-0.3, -0.25) is 4.79 Å². The molecule has 3 N–H and O–H groups in total. The first kappa shape index (κ1) is 13.0. The monoisotopic (exact) mass is 219 g/mol. The first-order chi connectivity index (χ1) is 6.57. The fraction of sp³-hybridized carbons (Fsp3) is 0.500. The molecule has 0 spiro atoms. The van der Waals surface area contributed by atoms with Crippen LogP contribution in [0.25, 0.3) is 0 Å². The van der Waals surface area contributed by atoms with Crippen LogP contribution in [0.4, 0.5) is 0 Å². The molecule has 0 aromatic heterocycles. The standard InChI is InChI=1S/C8H13NO4S/c1-2-13-7(10)3-4-14-5-6(9)8(11)12/h3-4,6H,2,5,9H2,1H3,(H,11,12). The molecule has 1 atom stereocenters. The quantitative estimate of drug-likeness (QED) is 0.490. The van der Waals surface area contributed by atoms with E-state index >= 15 is 0 Å². The van der Waals surface area contributed by atoms with Crippen LogP contribution in [0.5, 0.6) is 0 Å². The van der Waals surface area contributed by atoms with Gasteiger partial charge in [-0.2, -0.15) is 0 Å². The summed E-state index contributed by atoms with van der Waals surface area (Å²) in [4.78, 5) is 21.0. The minimum absolute atomic E-state index is 0.227. The molecule has 0 aliphatic carbocycles. The zero-order chi connectivity index (χ0) is 11.0. The highest BCUT2D eigenvalue weighted by molar-refractivity contribution is 8.02. The Balaban J connectivity index is 3.63.